The van der Waals surface area contributed by atoms with Crippen molar-refractivity contribution in [1.29, 1.82) is 0 Å². The maximum atomic E-state index is 6.57. The van der Waals surface area contributed by atoms with Crippen molar-refractivity contribution >= 4 is 43.5 Å². The molecule has 2 aromatic heterocycles. The van der Waals surface area contributed by atoms with E-state index in [0.29, 0.717) is 5.82 Å². The van der Waals surface area contributed by atoms with Crippen LogP contribution in [0.5, 0.6) is 0 Å². The summed E-state index contributed by atoms with van der Waals surface area (Å²) < 4.78 is 6.57. The molecule has 0 atom stereocenters. The van der Waals surface area contributed by atoms with Gasteiger partial charge in [0.2, 0.25) is 0 Å². The van der Waals surface area contributed by atoms with E-state index in [1.54, 1.807) is 0 Å². The third-order valence-corrected chi connectivity index (χ3v) is 9.88. The van der Waals surface area contributed by atoms with Crippen LogP contribution in [0.15, 0.2) is 186 Å². The Morgan fingerprint density at radius 3 is 1.73 bits per heavy atom. The van der Waals surface area contributed by atoms with Crippen LogP contribution in [0.2, 0.25) is 0 Å². The molecule has 0 N–H and O–H groups in total. The van der Waals surface area contributed by atoms with Gasteiger partial charge in [-0.3, -0.25) is 0 Å². The third kappa shape index (κ3) is 5.15. The molecule has 0 amide bonds. The smallest absolute Gasteiger partial charge is 0.160 e. The van der Waals surface area contributed by atoms with E-state index in [1.165, 1.54) is 32.8 Å². The lowest BCUT2D eigenvalue weighted by atomic mass is 9.95. The lowest BCUT2D eigenvalue weighted by Gasteiger charge is -2.10. The second kappa shape index (κ2) is 11.9. The average Bonchev–Trinajstić information content (AvgIpc) is 3.59. The highest BCUT2D eigenvalue weighted by Gasteiger charge is 2.17. The molecular weight excluding hydrogens is 621 g/mol. The first kappa shape index (κ1) is 29.1. The number of rotatable bonds is 5. The summed E-state index contributed by atoms with van der Waals surface area (Å²) in [5.41, 5.74) is 11.2. The summed E-state index contributed by atoms with van der Waals surface area (Å²) >= 11 is 0. The zero-order chi connectivity index (χ0) is 33.7. The van der Waals surface area contributed by atoms with Gasteiger partial charge in [-0.15, -0.1) is 0 Å². The molecule has 3 nitrogen and oxygen atoms in total. The van der Waals surface area contributed by atoms with E-state index in [1.807, 2.05) is 18.2 Å². The molecule has 0 radical (unpaired) electrons. The predicted octanol–water partition coefficient (Wildman–Crippen LogP) is 13.0. The van der Waals surface area contributed by atoms with Crippen molar-refractivity contribution in [3.05, 3.63) is 182 Å². The topological polar surface area (TPSA) is 38.9 Å². The number of nitrogens with zero attached hydrogens (tertiary/aromatic N) is 2. The van der Waals surface area contributed by atoms with E-state index in [2.05, 4.69) is 164 Å². The Kier molecular flexibility index (Phi) is 6.81. The van der Waals surface area contributed by atoms with Gasteiger partial charge in [0.15, 0.2) is 5.82 Å². The number of hydrogen-bond donors (Lipinski definition) is 0. The Morgan fingerprint density at radius 1 is 0.333 bits per heavy atom. The molecule has 0 saturated carbocycles. The van der Waals surface area contributed by atoms with Gasteiger partial charge in [-0.1, -0.05) is 146 Å². The molecule has 0 fully saturated rings. The number of benzene rings is 8. The summed E-state index contributed by atoms with van der Waals surface area (Å²) in [6.07, 6.45) is 0. The van der Waals surface area contributed by atoms with E-state index >= 15 is 0 Å². The van der Waals surface area contributed by atoms with Crippen LogP contribution in [0.3, 0.4) is 0 Å². The first-order chi connectivity index (χ1) is 25.2. The first-order valence-electron chi connectivity index (χ1n) is 17.2. The second-order valence-electron chi connectivity index (χ2n) is 13.0. The first-order valence-corrected chi connectivity index (χ1v) is 17.2. The summed E-state index contributed by atoms with van der Waals surface area (Å²) in [5, 5.41) is 6.90. The maximum absolute atomic E-state index is 6.57. The summed E-state index contributed by atoms with van der Waals surface area (Å²) in [4.78, 5) is 10.3. The van der Waals surface area contributed by atoms with Gasteiger partial charge in [0.25, 0.3) is 0 Å². The van der Waals surface area contributed by atoms with E-state index in [9.17, 15) is 0 Å². The van der Waals surface area contributed by atoms with Gasteiger partial charge >= 0.3 is 0 Å². The summed E-state index contributed by atoms with van der Waals surface area (Å²) in [6, 6.07) is 63.8. The third-order valence-electron chi connectivity index (χ3n) is 9.88. The Morgan fingerprint density at radius 2 is 0.941 bits per heavy atom. The van der Waals surface area contributed by atoms with Gasteiger partial charge in [-0.25, -0.2) is 9.97 Å². The van der Waals surface area contributed by atoms with E-state index in [-0.39, 0.29) is 0 Å². The van der Waals surface area contributed by atoms with Crippen molar-refractivity contribution in [1.82, 2.24) is 9.97 Å². The molecule has 2 heterocycles. The van der Waals surface area contributed by atoms with Crippen LogP contribution in [-0.2, 0) is 0 Å². The van der Waals surface area contributed by atoms with Crippen LogP contribution in [0, 0.1) is 0 Å². The van der Waals surface area contributed by atoms with Gasteiger partial charge in [0.1, 0.15) is 11.2 Å². The Bertz CT molecular complexity index is 2890. The van der Waals surface area contributed by atoms with Gasteiger partial charge in [-0.2, -0.15) is 0 Å². The van der Waals surface area contributed by atoms with Crippen LogP contribution >= 0.6 is 0 Å². The van der Waals surface area contributed by atoms with Crippen molar-refractivity contribution in [3.63, 3.8) is 0 Å². The minimum atomic E-state index is 0.686. The summed E-state index contributed by atoms with van der Waals surface area (Å²) in [7, 11) is 0. The minimum Gasteiger partial charge on any atom is -0.455 e. The van der Waals surface area contributed by atoms with E-state index in [4.69, 9.17) is 14.4 Å². The van der Waals surface area contributed by atoms with E-state index < -0.39 is 0 Å². The van der Waals surface area contributed by atoms with Crippen LogP contribution in [0.25, 0.3) is 99.6 Å². The molecule has 0 bridgehead atoms. The highest BCUT2D eigenvalue weighted by molar-refractivity contribution is 6.19. The van der Waals surface area contributed by atoms with Crippen molar-refractivity contribution in [3.8, 4) is 56.2 Å². The molecule has 238 valence electrons. The van der Waals surface area contributed by atoms with Gasteiger partial charge < -0.3 is 4.42 Å². The molecule has 10 aromatic rings. The zero-order valence-corrected chi connectivity index (χ0v) is 27.6. The molecule has 10 rings (SSSR count). The molecule has 8 aromatic carbocycles. The zero-order valence-electron chi connectivity index (χ0n) is 27.6. The highest BCUT2D eigenvalue weighted by atomic mass is 16.3. The Balaban J connectivity index is 1.11. The second-order valence-corrected chi connectivity index (χ2v) is 13.0. The molecule has 0 unspecified atom stereocenters. The van der Waals surface area contributed by atoms with Gasteiger partial charge in [0, 0.05) is 32.8 Å². The van der Waals surface area contributed by atoms with Gasteiger partial charge in [0.05, 0.1) is 11.4 Å². The lowest BCUT2D eigenvalue weighted by Crippen LogP contribution is -1.96. The fourth-order valence-electron chi connectivity index (χ4n) is 7.28. The number of fused-ring (bicyclic) bond motifs is 6. The molecule has 0 spiro atoms. The average molecular weight is 651 g/mol. The van der Waals surface area contributed by atoms with Gasteiger partial charge in [-0.05, 0) is 74.8 Å². The SMILES string of the molecule is c1ccc(-c2cc(-c3ccc4oc5c6ccccc6c(-c6ccccc6)cc5c4c3)nc(-c3ccc(-c4ccc5ccccc5c4)cc3)n2)cc1. The van der Waals surface area contributed by atoms with Crippen LogP contribution in [-0.4, -0.2) is 9.97 Å². The molecule has 0 aliphatic carbocycles. The van der Waals surface area contributed by atoms with Crippen molar-refractivity contribution < 1.29 is 4.42 Å². The summed E-state index contributed by atoms with van der Waals surface area (Å²) in [5.74, 6) is 0.686. The summed E-state index contributed by atoms with van der Waals surface area (Å²) in [6.45, 7) is 0. The molecular formula is C48H30N2O. The van der Waals surface area contributed by atoms with Crippen molar-refractivity contribution in [2.24, 2.45) is 0 Å². The lowest BCUT2D eigenvalue weighted by molar-refractivity contribution is 0.673. The monoisotopic (exact) mass is 650 g/mol. The quantitative estimate of drug-likeness (QED) is 0.186. The predicted molar refractivity (Wildman–Crippen MR) is 212 cm³/mol. The number of hydrogen-bond acceptors (Lipinski definition) is 3. The fourth-order valence-corrected chi connectivity index (χ4v) is 7.28. The van der Waals surface area contributed by atoms with E-state index in [0.717, 1.165) is 61.0 Å². The van der Waals surface area contributed by atoms with Crippen molar-refractivity contribution in [2.75, 3.05) is 0 Å². The van der Waals surface area contributed by atoms with Crippen LogP contribution in [0.1, 0.15) is 0 Å². The molecule has 0 aliphatic heterocycles. The fraction of sp³-hybridized carbons (Fsp3) is 0. The standard InChI is InChI=1S/C48H30N2O/c1-3-12-33(13-4-1)41-29-43-42-28-38(25-26-46(42)51-47(43)40-18-10-9-17-39(40)41)45-30-44(34-14-5-2-6-15-34)49-48(50-45)35-22-19-32(20-23-35)37-24-21-31-11-7-8-16-36(31)27-37/h1-30H. The number of furan rings is 1. The molecule has 0 aliphatic rings. The normalized spacial score (nSPS) is 11.5. The Labute approximate surface area is 295 Å². The minimum absolute atomic E-state index is 0.686. The largest absolute Gasteiger partial charge is 0.455 e. The van der Waals surface area contributed by atoms with Crippen molar-refractivity contribution in [2.45, 2.75) is 0 Å². The van der Waals surface area contributed by atoms with Crippen LogP contribution in [0.4, 0.5) is 0 Å². The molecule has 51 heavy (non-hydrogen) atoms. The number of aromatic nitrogens is 2. The molecule has 0 saturated heterocycles. The maximum Gasteiger partial charge on any atom is 0.160 e. The highest BCUT2D eigenvalue weighted by Crippen LogP contribution is 2.41. The Hall–Kier alpha value is -6.84. The molecule has 3 heteroatoms. The van der Waals surface area contributed by atoms with Crippen LogP contribution < -0.4 is 0 Å².